The number of aliphatic hydroxyl groups is 1. The van der Waals surface area contributed by atoms with E-state index in [1.54, 1.807) is 31.2 Å². The van der Waals surface area contributed by atoms with Gasteiger partial charge in [0, 0.05) is 12.6 Å². The van der Waals surface area contributed by atoms with Crippen molar-refractivity contribution >= 4 is 10.0 Å². The summed E-state index contributed by atoms with van der Waals surface area (Å²) in [5, 5.41) is 28.5. The van der Waals surface area contributed by atoms with E-state index in [1.165, 1.54) is 13.2 Å². The Hall–Kier alpha value is -2.13. The number of methoxy groups -OCH3 is 1. The molecule has 2 atom stereocenters. The molecule has 0 aromatic heterocycles. The summed E-state index contributed by atoms with van der Waals surface area (Å²) in [6.07, 6.45) is 0.746. The summed E-state index contributed by atoms with van der Waals surface area (Å²) in [5.41, 5.74) is 2.09. The van der Waals surface area contributed by atoms with E-state index in [0.717, 1.165) is 18.4 Å². The van der Waals surface area contributed by atoms with Gasteiger partial charge in [-0.15, -0.1) is 0 Å². The highest BCUT2D eigenvalue weighted by molar-refractivity contribution is 7.89. The quantitative estimate of drug-likeness (QED) is 0.503. The summed E-state index contributed by atoms with van der Waals surface area (Å²) < 4.78 is 28.4. The zero-order valence-electron chi connectivity index (χ0n) is 16.3. The normalized spacial score (nSPS) is 13.9. The molecule has 2 aromatic rings. The van der Waals surface area contributed by atoms with Crippen molar-refractivity contribution in [2.75, 3.05) is 13.7 Å². The van der Waals surface area contributed by atoms with Gasteiger partial charge in [0.1, 0.15) is 0 Å². The minimum Gasteiger partial charge on any atom is -0.504 e. The van der Waals surface area contributed by atoms with E-state index in [4.69, 9.17) is 9.88 Å². The zero-order valence-corrected chi connectivity index (χ0v) is 17.2. The summed E-state index contributed by atoms with van der Waals surface area (Å²) in [4.78, 5) is 0.0263. The summed E-state index contributed by atoms with van der Waals surface area (Å²) >= 11 is 0. The molecule has 0 radical (unpaired) electrons. The molecule has 0 aliphatic rings. The first-order chi connectivity index (χ1) is 13.1. The minimum atomic E-state index is -3.83. The average Bonchev–Trinajstić information content (AvgIpc) is 2.64. The van der Waals surface area contributed by atoms with Gasteiger partial charge in [-0.2, -0.15) is 0 Å². The Kier molecular flexibility index (Phi) is 7.42. The smallest absolute Gasteiger partial charge is 0.238 e. The first kappa shape index (κ1) is 22.2. The maximum Gasteiger partial charge on any atom is 0.238 e. The molecule has 8 heteroatoms. The molecule has 5 N–H and O–H groups in total. The second kappa shape index (κ2) is 9.38. The Morgan fingerprint density at radius 3 is 2.57 bits per heavy atom. The Balaban J connectivity index is 1.91. The van der Waals surface area contributed by atoms with Crippen molar-refractivity contribution in [3.8, 4) is 11.5 Å². The number of primary sulfonamides is 1. The monoisotopic (exact) mass is 408 g/mol. The van der Waals surface area contributed by atoms with Crippen LogP contribution in [0.4, 0.5) is 0 Å². The third-order valence-electron chi connectivity index (χ3n) is 4.67. The van der Waals surface area contributed by atoms with Gasteiger partial charge in [-0.05, 0) is 61.6 Å². The Labute approximate surface area is 166 Å². The number of nitrogens with one attached hydrogen (secondary N) is 1. The number of aromatic hydroxyl groups is 1. The molecule has 0 heterocycles. The molecule has 0 amide bonds. The third kappa shape index (κ3) is 5.93. The maximum absolute atomic E-state index is 11.6. The summed E-state index contributed by atoms with van der Waals surface area (Å²) in [5.74, 6) is 0.552. The molecular formula is C20H28N2O5S. The van der Waals surface area contributed by atoms with E-state index in [9.17, 15) is 18.6 Å². The van der Waals surface area contributed by atoms with Gasteiger partial charge in [-0.3, -0.25) is 0 Å². The van der Waals surface area contributed by atoms with Crippen molar-refractivity contribution < 1.29 is 23.4 Å². The van der Waals surface area contributed by atoms with E-state index in [-0.39, 0.29) is 23.2 Å². The fraction of sp³-hybridized carbons (Fsp3) is 0.400. The highest BCUT2D eigenvalue weighted by Gasteiger charge is 2.16. The van der Waals surface area contributed by atoms with Crippen LogP contribution in [0.1, 0.15) is 36.1 Å². The topological polar surface area (TPSA) is 122 Å². The van der Waals surface area contributed by atoms with Crippen LogP contribution in [-0.4, -0.2) is 38.3 Å². The molecule has 0 saturated heterocycles. The van der Waals surface area contributed by atoms with Crippen molar-refractivity contribution in [2.24, 2.45) is 5.14 Å². The third-order valence-corrected chi connectivity index (χ3v) is 5.73. The molecule has 2 aromatic carbocycles. The lowest BCUT2D eigenvalue weighted by atomic mass is 10.0. The molecule has 0 aliphatic heterocycles. The van der Waals surface area contributed by atoms with E-state index >= 15 is 0 Å². The maximum atomic E-state index is 11.6. The molecular weight excluding hydrogens is 380 g/mol. The molecule has 154 valence electrons. The van der Waals surface area contributed by atoms with Crippen molar-refractivity contribution in [1.82, 2.24) is 5.32 Å². The average molecular weight is 409 g/mol. The number of phenolic OH excluding ortho intramolecular Hbond substituents is 1. The lowest BCUT2D eigenvalue weighted by molar-refractivity contribution is 0.170. The Morgan fingerprint density at radius 2 is 1.93 bits per heavy atom. The number of hydrogen-bond acceptors (Lipinski definition) is 6. The molecule has 0 fully saturated rings. The number of benzene rings is 2. The number of rotatable bonds is 9. The zero-order chi connectivity index (χ0) is 20.9. The van der Waals surface area contributed by atoms with Gasteiger partial charge in [-0.1, -0.05) is 18.2 Å². The van der Waals surface area contributed by atoms with Gasteiger partial charge in [0.25, 0.3) is 0 Å². The van der Waals surface area contributed by atoms with Gasteiger partial charge in [-0.25, -0.2) is 13.6 Å². The van der Waals surface area contributed by atoms with Gasteiger partial charge in [0.05, 0.1) is 18.1 Å². The van der Waals surface area contributed by atoms with Crippen LogP contribution in [0.2, 0.25) is 0 Å². The fourth-order valence-corrected chi connectivity index (χ4v) is 3.74. The predicted octanol–water partition coefficient (Wildman–Crippen LogP) is 2.00. The predicted molar refractivity (Wildman–Crippen MR) is 108 cm³/mol. The standard InChI is InChI=1S/C20H28N2O5S/c1-13-4-8-16(11-20(13)28(21,25)26)18(24)12-22-14(2)5-6-15-7-9-17(23)19(10-15)27-3/h4,7-11,14,18,22-24H,5-6,12H2,1-3H3,(H2,21,25,26). The Morgan fingerprint density at radius 1 is 1.21 bits per heavy atom. The number of ether oxygens (including phenoxy) is 1. The van der Waals surface area contributed by atoms with Crippen LogP contribution in [0.3, 0.4) is 0 Å². The van der Waals surface area contributed by atoms with Crippen LogP contribution in [0.15, 0.2) is 41.3 Å². The SMILES string of the molecule is COc1cc(CCC(C)NCC(O)c2ccc(C)c(S(N)(=O)=O)c2)ccc1O. The number of sulfonamides is 1. The minimum absolute atomic E-state index is 0.0263. The summed E-state index contributed by atoms with van der Waals surface area (Å²) in [7, 11) is -2.32. The van der Waals surface area contributed by atoms with Crippen LogP contribution in [0, 0.1) is 6.92 Å². The molecule has 0 aliphatic carbocycles. The van der Waals surface area contributed by atoms with E-state index in [1.807, 2.05) is 13.0 Å². The van der Waals surface area contributed by atoms with Crippen molar-refractivity contribution in [2.45, 2.75) is 43.7 Å². The molecule has 2 unspecified atom stereocenters. The second-order valence-electron chi connectivity index (χ2n) is 6.94. The summed E-state index contributed by atoms with van der Waals surface area (Å²) in [6, 6.07) is 10.1. The highest BCUT2D eigenvalue weighted by Crippen LogP contribution is 2.27. The molecule has 0 spiro atoms. The van der Waals surface area contributed by atoms with Gasteiger partial charge in [0.2, 0.25) is 10.0 Å². The summed E-state index contributed by atoms with van der Waals surface area (Å²) in [6.45, 7) is 3.96. The van der Waals surface area contributed by atoms with E-state index in [0.29, 0.717) is 16.9 Å². The lowest BCUT2D eigenvalue weighted by Crippen LogP contribution is -2.31. The number of hydrogen-bond donors (Lipinski definition) is 4. The molecule has 28 heavy (non-hydrogen) atoms. The van der Waals surface area contributed by atoms with Crippen LogP contribution >= 0.6 is 0 Å². The first-order valence-corrected chi connectivity index (χ1v) is 10.6. The Bertz CT molecular complexity index is 915. The van der Waals surface area contributed by atoms with Gasteiger partial charge < -0.3 is 20.3 Å². The lowest BCUT2D eigenvalue weighted by Gasteiger charge is -2.18. The van der Waals surface area contributed by atoms with Crippen LogP contribution in [-0.2, 0) is 16.4 Å². The van der Waals surface area contributed by atoms with Crippen LogP contribution < -0.4 is 15.2 Å². The first-order valence-electron chi connectivity index (χ1n) is 9.02. The fourth-order valence-electron chi connectivity index (χ4n) is 2.92. The van der Waals surface area contributed by atoms with Gasteiger partial charge in [0.15, 0.2) is 11.5 Å². The van der Waals surface area contributed by atoms with Crippen molar-refractivity contribution in [1.29, 1.82) is 0 Å². The second-order valence-corrected chi connectivity index (χ2v) is 8.47. The van der Waals surface area contributed by atoms with Crippen LogP contribution in [0.5, 0.6) is 11.5 Å². The number of phenols is 1. The van der Waals surface area contributed by atoms with E-state index in [2.05, 4.69) is 5.32 Å². The van der Waals surface area contributed by atoms with Crippen molar-refractivity contribution in [3.05, 3.63) is 53.1 Å². The largest absolute Gasteiger partial charge is 0.504 e. The molecule has 0 bridgehead atoms. The van der Waals surface area contributed by atoms with Crippen molar-refractivity contribution in [3.63, 3.8) is 0 Å². The number of aryl methyl sites for hydroxylation is 2. The van der Waals surface area contributed by atoms with Gasteiger partial charge >= 0.3 is 0 Å². The number of aliphatic hydroxyl groups excluding tert-OH is 1. The van der Waals surface area contributed by atoms with Crippen LogP contribution in [0.25, 0.3) is 0 Å². The molecule has 0 saturated carbocycles. The molecule has 7 nitrogen and oxygen atoms in total. The molecule has 2 rings (SSSR count). The highest BCUT2D eigenvalue weighted by atomic mass is 32.2. The van der Waals surface area contributed by atoms with E-state index < -0.39 is 16.1 Å². The number of nitrogens with two attached hydrogens (primary N) is 1.